The lowest BCUT2D eigenvalue weighted by atomic mass is 9.75. The fourth-order valence-corrected chi connectivity index (χ4v) is 4.46. The van der Waals surface area contributed by atoms with E-state index < -0.39 is 29.3 Å². The number of hydrogen-bond acceptors (Lipinski definition) is 4. The van der Waals surface area contributed by atoms with Crippen LogP contribution in [-0.2, 0) is 14.4 Å². The van der Waals surface area contributed by atoms with Crippen molar-refractivity contribution in [3.05, 3.63) is 29.3 Å². The van der Waals surface area contributed by atoms with Crippen LogP contribution in [0.1, 0.15) is 64.7 Å². The summed E-state index contributed by atoms with van der Waals surface area (Å²) >= 11 is 5.86. The second-order valence-electron chi connectivity index (χ2n) is 8.37. The molecule has 2 atom stereocenters. The van der Waals surface area contributed by atoms with E-state index in [2.05, 4.69) is 5.32 Å². The summed E-state index contributed by atoms with van der Waals surface area (Å²) in [6, 6.07) is 6.25. The van der Waals surface area contributed by atoms with Crippen molar-refractivity contribution in [3.8, 4) is 5.75 Å². The third-order valence-electron chi connectivity index (χ3n) is 5.97. The average Bonchev–Trinajstić information content (AvgIpc) is 3.18. The third kappa shape index (κ3) is 7.73. The van der Waals surface area contributed by atoms with Crippen molar-refractivity contribution in [2.24, 2.45) is 11.3 Å². The van der Waals surface area contributed by atoms with Gasteiger partial charge in [0.2, 0.25) is 5.91 Å². The van der Waals surface area contributed by atoms with E-state index in [1.54, 1.807) is 24.3 Å². The van der Waals surface area contributed by atoms with Gasteiger partial charge in [0.15, 0.2) is 0 Å². The van der Waals surface area contributed by atoms with Crippen LogP contribution >= 0.6 is 11.6 Å². The Bertz CT molecular complexity index is 745. The molecular formula is C23H32ClNO6. The summed E-state index contributed by atoms with van der Waals surface area (Å²) in [5.41, 5.74) is -0.744. The molecule has 3 N–H and O–H groups in total. The zero-order valence-electron chi connectivity index (χ0n) is 17.9. The Balaban J connectivity index is 2.02. The number of carbonyl (C=O) groups is 3. The molecule has 1 fully saturated rings. The third-order valence-corrected chi connectivity index (χ3v) is 6.22. The lowest BCUT2D eigenvalue weighted by molar-refractivity contribution is -0.144. The largest absolute Gasteiger partial charge is 0.494 e. The van der Waals surface area contributed by atoms with E-state index in [-0.39, 0.29) is 18.9 Å². The zero-order valence-corrected chi connectivity index (χ0v) is 18.7. The minimum Gasteiger partial charge on any atom is -0.494 e. The molecule has 0 bridgehead atoms. The maximum absolute atomic E-state index is 13.2. The first-order chi connectivity index (χ1) is 14.8. The molecule has 31 heavy (non-hydrogen) atoms. The van der Waals surface area contributed by atoms with E-state index in [4.69, 9.17) is 16.3 Å². The average molecular weight is 454 g/mol. The molecule has 1 saturated carbocycles. The fraction of sp³-hybridized carbons (Fsp3) is 0.609. The maximum Gasteiger partial charge on any atom is 0.306 e. The van der Waals surface area contributed by atoms with Gasteiger partial charge in [0.05, 0.1) is 24.4 Å². The van der Waals surface area contributed by atoms with Crippen molar-refractivity contribution < 1.29 is 29.3 Å². The number of nitrogens with one attached hydrogen (secondary N) is 1. The summed E-state index contributed by atoms with van der Waals surface area (Å²) in [6.07, 6.45) is 4.67. The maximum atomic E-state index is 13.2. The minimum absolute atomic E-state index is 0.219. The summed E-state index contributed by atoms with van der Waals surface area (Å²) in [7, 11) is 0. The molecule has 1 aliphatic carbocycles. The Morgan fingerprint density at radius 1 is 1.13 bits per heavy atom. The van der Waals surface area contributed by atoms with E-state index in [0.29, 0.717) is 42.9 Å². The molecule has 8 heteroatoms. The van der Waals surface area contributed by atoms with Gasteiger partial charge in [-0.15, -0.1) is 0 Å². The van der Waals surface area contributed by atoms with Gasteiger partial charge in [-0.25, -0.2) is 0 Å². The molecule has 7 nitrogen and oxygen atoms in total. The highest BCUT2D eigenvalue weighted by Crippen LogP contribution is 2.44. The van der Waals surface area contributed by atoms with Gasteiger partial charge in [-0.2, -0.15) is 0 Å². The second kappa shape index (κ2) is 11.9. The Kier molecular flexibility index (Phi) is 9.62. The predicted molar refractivity (Wildman–Crippen MR) is 117 cm³/mol. The summed E-state index contributed by atoms with van der Waals surface area (Å²) < 4.78 is 5.65. The number of amides is 1. The number of ether oxygens (including phenoxy) is 1. The van der Waals surface area contributed by atoms with Gasteiger partial charge in [0, 0.05) is 17.5 Å². The number of aliphatic carboxylic acids is 2. The van der Waals surface area contributed by atoms with Crippen LogP contribution in [0.4, 0.5) is 0 Å². The number of halogens is 1. The number of rotatable bonds is 13. The number of carbonyl (C=O) groups excluding carboxylic acids is 1. The molecular weight excluding hydrogens is 422 g/mol. The van der Waals surface area contributed by atoms with Crippen LogP contribution in [0.3, 0.4) is 0 Å². The predicted octanol–water partition coefficient (Wildman–Crippen LogP) is 4.52. The van der Waals surface area contributed by atoms with Gasteiger partial charge in [-0.3, -0.25) is 14.4 Å². The molecule has 1 amide bonds. The summed E-state index contributed by atoms with van der Waals surface area (Å²) in [6.45, 7) is 2.17. The second-order valence-corrected chi connectivity index (χ2v) is 8.81. The zero-order chi connectivity index (χ0) is 22.9. The van der Waals surface area contributed by atoms with Crippen LogP contribution in [0.15, 0.2) is 24.3 Å². The first kappa shape index (κ1) is 25.0. The number of carboxylic acids is 2. The van der Waals surface area contributed by atoms with E-state index in [1.165, 1.54) is 0 Å². The van der Waals surface area contributed by atoms with Crippen LogP contribution in [0.25, 0.3) is 0 Å². The van der Waals surface area contributed by atoms with Gasteiger partial charge < -0.3 is 20.3 Å². The van der Waals surface area contributed by atoms with Crippen molar-refractivity contribution in [2.75, 3.05) is 6.61 Å². The highest BCUT2D eigenvalue weighted by molar-refractivity contribution is 6.30. The van der Waals surface area contributed by atoms with Crippen molar-refractivity contribution >= 4 is 29.4 Å². The molecule has 1 aliphatic rings. The summed E-state index contributed by atoms with van der Waals surface area (Å²) in [5, 5.41) is 22.3. The van der Waals surface area contributed by atoms with Gasteiger partial charge in [0.1, 0.15) is 5.75 Å². The quantitative estimate of drug-likeness (QED) is 0.404. The first-order valence-electron chi connectivity index (χ1n) is 10.9. The molecule has 1 aromatic carbocycles. The Morgan fingerprint density at radius 2 is 1.77 bits per heavy atom. The van der Waals surface area contributed by atoms with Gasteiger partial charge in [-0.1, -0.05) is 37.8 Å². The lowest BCUT2D eigenvalue weighted by Crippen LogP contribution is -2.47. The molecule has 0 spiro atoms. The fourth-order valence-electron chi connectivity index (χ4n) is 4.33. The SMILES string of the molecule is CCC[C@@H](CC1(C(=O)N[C@@H](CCOc2ccc(Cl)cc2)CC(=O)O)CCCC1)C(=O)O. The number of carboxylic acid groups (broad SMARTS) is 2. The number of hydrogen-bond donors (Lipinski definition) is 3. The molecule has 172 valence electrons. The van der Waals surface area contributed by atoms with Gasteiger partial charge >= 0.3 is 11.9 Å². The lowest BCUT2D eigenvalue weighted by Gasteiger charge is -2.32. The first-order valence-corrected chi connectivity index (χ1v) is 11.3. The van der Waals surface area contributed by atoms with Gasteiger partial charge in [-0.05, 0) is 49.9 Å². The molecule has 0 unspecified atom stereocenters. The standard InChI is InChI=1S/C23H32ClNO6/c1-2-5-16(21(28)29)15-23(11-3-4-12-23)22(30)25-18(14-20(26)27)10-13-31-19-8-6-17(24)7-9-19/h6-9,16,18H,2-5,10-15H2,1H3,(H,25,30)(H,26,27)(H,28,29)/t16-,18-/m0/s1. The molecule has 0 radical (unpaired) electrons. The van der Waals surface area contributed by atoms with Crippen molar-refractivity contribution in [1.82, 2.24) is 5.32 Å². The Hall–Kier alpha value is -2.28. The van der Waals surface area contributed by atoms with E-state index in [9.17, 15) is 24.6 Å². The van der Waals surface area contributed by atoms with Crippen LogP contribution in [-0.4, -0.2) is 40.7 Å². The minimum atomic E-state index is -1.01. The monoisotopic (exact) mass is 453 g/mol. The molecule has 0 aromatic heterocycles. The normalized spacial score (nSPS) is 17.0. The van der Waals surface area contributed by atoms with Gasteiger partial charge in [0.25, 0.3) is 0 Å². The van der Waals surface area contributed by atoms with Crippen molar-refractivity contribution in [3.63, 3.8) is 0 Å². The van der Waals surface area contributed by atoms with Crippen LogP contribution < -0.4 is 10.1 Å². The molecule has 1 aromatic rings. The highest BCUT2D eigenvalue weighted by Gasteiger charge is 2.44. The smallest absolute Gasteiger partial charge is 0.306 e. The molecule has 0 aliphatic heterocycles. The van der Waals surface area contributed by atoms with Crippen molar-refractivity contribution in [2.45, 2.75) is 70.8 Å². The van der Waals surface area contributed by atoms with Crippen LogP contribution in [0, 0.1) is 11.3 Å². The topological polar surface area (TPSA) is 113 Å². The highest BCUT2D eigenvalue weighted by atomic mass is 35.5. The molecule has 0 heterocycles. The van der Waals surface area contributed by atoms with E-state index in [0.717, 1.165) is 19.3 Å². The Labute approximate surface area is 188 Å². The van der Waals surface area contributed by atoms with Crippen LogP contribution in [0.5, 0.6) is 5.75 Å². The molecule has 0 saturated heterocycles. The summed E-state index contributed by atoms with van der Waals surface area (Å²) in [4.78, 5) is 36.2. The van der Waals surface area contributed by atoms with Crippen LogP contribution in [0.2, 0.25) is 5.02 Å². The van der Waals surface area contributed by atoms with E-state index in [1.807, 2.05) is 6.92 Å². The van der Waals surface area contributed by atoms with E-state index >= 15 is 0 Å². The Morgan fingerprint density at radius 3 is 2.32 bits per heavy atom. The summed E-state index contributed by atoms with van der Waals surface area (Å²) in [5.74, 6) is -2.07. The van der Waals surface area contributed by atoms with Crippen molar-refractivity contribution in [1.29, 1.82) is 0 Å². The number of benzene rings is 1. The molecule has 2 rings (SSSR count).